The van der Waals surface area contributed by atoms with E-state index in [1.807, 2.05) is 0 Å². The highest BCUT2D eigenvalue weighted by Gasteiger charge is 2.28. The summed E-state index contributed by atoms with van der Waals surface area (Å²) in [6.45, 7) is 9.55. The van der Waals surface area contributed by atoms with E-state index in [0.717, 1.165) is 31.8 Å². The summed E-state index contributed by atoms with van der Waals surface area (Å²) in [4.78, 5) is 32.9. The van der Waals surface area contributed by atoms with E-state index in [4.69, 9.17) is 19.8 Å². The maximum absolute atomic E-state index is 12.2. The predicted octanol–water partition coefficient (Wildman–Crippen LogP) is 2.12. The van der Waals surface area contributed by atoms with Crippen molar-refractivity contribution in [1.29, 1.82) is 0 Å². The molecule has 1 fully saturated rings. The number of hydrogen-bond acceptors (Lipinski definition) is 4. The van der Waals surface area contributed by atoms with Gasteiger partial charge in [-0.05, 0) is 71.9 Å². The SMILES string of the molecule is CC(C)(C)NC(=O)C1CCN(CC2CC=CCC2)CC1.O=C(O)C(=O)O. The van der Waals surface area contributed by atoms with E-state index in [-0.39, 0.29) is 17.4 Å². The van der Waals surface area contributed by atoms with Crippen LogP contribution in [0.5, 0.6) is 0 Å². The molecule has 1 heterocycles. The molecule has 0 saturated carbocycles. The Morgan fingerprint density at radius 1 is 1.04 bits per heavy atom. The summed E-state index contributed by atoms with van der Waals surface area (Å²) in [6, 6.07) is 0. The summed E-state index contributed by atoms with van der Waals surface area (Å²) in [5, 5.41) is 17.9. The molecule has 0 bridgehead atoms. The molecule has 7 nitrogen and oxygen atoms in total. The summed E-state index contributed by atoms with van der Waals surface area (Å²) < 4.78 is 0. The van der Waals surface area contributed by atoms with E-state index < -0.39 is 11.9 Å². The number of aliphatic carboxylic acids is 2. The Bertz CT molecular complexity index is 505. The van der Waals surface area contributed by atoms with E-state index in [2.05, 4.69) is 43.1 Å². The fourth-order valence-corrected chi connectivity index (χ4v) is 3.24. The molecule has 26 heavy (non-hydrogen) atoms. The third-order valence-electron chi connectivity index (χ3n) is 4.53. The highest BCUT2D eigenvalue weighted by Crippen LogP contribution is 2.23. The molecule has 1 atom stereocenters. The van der Waals surface area contributed by atoms with Gasteiger partial charge in [0.1, 0.15) is 0 Å². The Morgan fingerprint density at radius 3 is 2.04 bits per heavy atom. The van der Waals surface area contributed by atoms with Gasteiger partial charge in [0.05, 0.1) is 0 Å². The molecular formula is C19H32N2O5. The van der Waals surface area contributed by atoms with Crippen molar-refractivity contribution in [3.8, 4) is 0 Å². The summed E-state index contributed by atoms with van der Waals surface area (Å²) in [7, 11) is 0. The number of rotatable bonds is 3. The van der Waals surface area contributed by atoms with Gasteiger partial charge in [0.2, 0.25) is 5.91 Å². The molecular weight excluding hydrogens is 336 g/mol. The Labute approximate surface area is 155 Å². The van der Waals surface area contributed by atoms with Crippen molar-refractivity contribution in [2.45, 2.75) is 58.4 Å². The van der Waals surface area contributed by atoms with Crippen LogP contribution in [0.3, 0.4) is 0 Å². The minimum atomic E-state index is -1.82. The summed E-state index contributed by atoms with van der Waals surface area (Å²) in [5.74, 6) is -2.35. The van der Waals surface area contributed by atoms with Crippen LogP contribution in [-0.2, 0) is 14.4 Å². The minimum Gasteiger partial charge on any atom is -0.473 e. The second-order valence-electron chi connectivity index (χ2n) is 8.07. The standard InChI is InChI=1S/C17H30N2O.C2H2O4/c1-17(2,3)18-16(20)15-9-11-19(12-10-15)13-14-7-5-4-6-8-14;3-1(4)2(5)6/h4-5,14-15H,6-13H2,1-3H3,(H,18,20);(H,3,4)(H,5,6). The van der Waals surface area contributed by atoms with E-state index in [0.29, 0.717) is 0 Å². The van der Waals surface area contributed by atoms with Crippen molar-refractivity contribution in [2.24, 2.45) is 11.8 Å². The zero-order chi connectivity index (χ0) is 19.7. The van der Waals surface area contributed by atoms with Crippen molar-refractivity contribution in [3.63, 3.8) is 0 Å². The van der Waals surface area contributed by atoms with Crippen LogP contribution in [0.1, 0.15) is 52.9 Å². The molecule has 0 aromatic carbocycles. The Hall–Kier alpha value is -1.89. The number of carboxylic acid groups (broad SMARTS) is 2. The highest BCUT2D eigenvalue weighted by molar-refractivity contribution is 6.27. The van der Waals surface area contributed by atoms with E-state index >= 15 is 0 Å². The number of carbonyl (C=O) groups excluding carboxylic acids is 1. The van der Waals surface area contributed by atoms with E-state index in [1.54, 1.807) is 0 Å². The number of nitrogens with zero attached hydrogens (tertiary/aromatic N) is 1. The zero-order valence-corrected chi connectivity index (χ0v) is 16.0. The van der Waals surface area contributed by atoms with Gasteiger partial charge in [-0.3, -0.25) is 4.79 Å². The van der Waals surface area contributed by atoms with Crippen LogP contribution in [0.2, 0.25) is 0 Å². The molecule has 7 heteroatoms. The molecule has 0 radical (unpaired) electrons. The molecule has 1 saturated heterocycles. The Balaban J connectivity index is 0.000000487. The van der Waals surface area contributed by atoms with Gasteiger partial charge in [0.15, 0.2) is 0 Å². The van der Waals surface area contributed by atoms with Crippen LogP contribution in [0.15, 0.2) is 12.2 Å². The monoisotopic (exact) mass is 368 g/mol. The molecule has 2 aliphatic rings. The first-order valence-corrected chi connectivity index (χ1v) is 9.24. The van der Waals surface area contributed by atoms with Crippen molar-refractivity contribution < 1.29 is 24.6 Å². The number of amides is 1. The van der Waals surface area contributed by atoms with Gasteiger partial charge in [-0.15, -0.1) is 0 Å². The number of allylic oxidation sites excluding steroid dienone is 2. The Morgan fingerprint density at radius 2 is 1.62 bits per heavy atom. The number of piperidine rings is 1. The van der Waals surface area contributed by atoms with Gasteiger partial charge < -0.3 is 20.4 Å². The van der Waals surface area contributed by atoms with Gasteiger partial charge >= 0.3 is 11.9 Å². The van der Waals surface area contributed by atoms with Gasteiger partial charge in [-0.25, -0.2) is 9.59 Å². The normalized spacial score (nSPS) is 21.4. The average Bonchev–Trinajstić information content (AvgIpc) is 2.55. The number of likely N-dealkylation sites (tertiary alicyclic amines) is 1. The quantitative estimate of drug-likeness (QED) is 0.520. The lowest BCUT2D eigenvalue weighted by molar-refractivity contribution is -0.159. The topological polar surface area (TPSA) is 107 Å². The second-order valence-corrected chi connectivity index (χ2v) is 8.07. The largest absolute Gasteiger partial charge is 0.473 e. The minimum absolute atomic E-state index is 0.108. The van der Waals surface area contributed by atoms with Crippen LogP contribution >= 0.6 is 0 Å². The molecule has 0 aromatic rings. The van der Waals surface area contributed by atoms with Gasteiger partial charge in [-0.2, -0.15) is 0 Å². The fourth-order valence-electron chi connectivity index (χ4n) is 3.24. The predicted molar refractivity (Wildman–Crippen MR) is 98.8 cm³/mol. The first-order chi connectivity index (χ1) is 12.1. The Kier molecular flexibility index (Phi) is 8.78. The summed E-state index contributed by atoms with van der Waals surface area (Å²) >= 11 is 0. The van der Waals surface area contributed by atoms with Crippen LogP contribution in [0.25, 0.3) is 0 Å². The molecule has 0 spiro atoms. The van der Waals surface area contributed by atoms with Crippen LogP contribution in [-0.4, -0.2) is 58.1 Å². The van der Waals surface area contributed by atoms with Crippen LogP contribution < -0.4 is 5.32 Å². The zero-order valence-electron chi connectivity index (χ0n) is 16.0. The number of nitrogens with one attached hydrogen (secondary N) is 1. The van der Waals surface area contributed by atoms with Gasteiger partial charge in [-0.1, -0.05) is 12.2 Å². The molecule has 3 N–H and O–H groups in total. The van der Waals surface area contributed by atoms with E-state index in [9.17, 15) is 4.79 Å². The van der Waals surface area contributed by atoms with Crippen molar-refractivity contribution in [1.82, 2.24) is 10.2 Å². The molecule has 2 rings (SSSR count). The third-order valence-corrected chi connectivity index (χ3v) is 4.53. The van der Waals surface area contributed by atoms with Crippen molar-refractivity contribution in [3.05, 3.63) is 12.2 Å². The third kappa shape index (κ3) is 8.99. The maximum Gasteiger partial charge on any atom is 0.414 e. The fraction of sp³-hybridized carbons (Fsp3) is 0.737. The summed E-state index contributed by atoms with van der Waals surface area (Å²) in [5.41, 5.74) is -0.108. The van der Waals surface area contributed by atoms with Crippen molar-refractivity contribution in [2.75, 3.05) is 19.6 Å². The second kappa shape index (κ2) is 10.3. The summed E-state index contributed by atoms with van der Waals surface area (Å²) in [6.07, 6.45) is 10.5. The number of carbonyl (C=O) groups is 3. The molecule has 1 aliphatic carbocycles. The first kappa shape index (κ1) is 22.2. The highest BCUT2D eigenvalue weighted by atomic mass is 16.4. The lowest BCUT2D eigenvalue weighted by atomic mass is 9.91. The number of hydrogen-bond donors (Lipinski definition) is 3. The lowest BCUT2D eigenvalue weighted by Crippen LogP contribution is -2.47. The molecule has 148 valence electrons. The van der Waals surface area contributed by atoms with Crippen LogP contribution in [0.4, 0.5) is 0 Å². The smallest absolute Gasteiger partial charge is 0.414 e. The lowest BCUT2D eigenvalue weighted by Gasteiger charge is -2.35. The molecule has 0 aromatic heterocycles. The molecule has 1 amide bonds. The van der Waals surface area contributed by atoms with Crippen LogP contribution in [0, 0.1) is 11.8 Å². The maximum atomic E-state index is 12.2. The first-order valence-electron chi connectivity index (χ1n) is 9.24. The van der Waals surface area contributed by atoms with E-state index in [1.165, 1.54) is 25.8 Å². The molecule has 1 unspecified atom stereocenters. The van der Waals surface area contributed by atoms with Crippen molar-refractivity contribution >= 4 is 17.8 Å². The van der Waals surface area contributed by atoms with Gasteiger partial charge in [0.25, 0.3) is 0 Å². The van der Waals surface area contributed by atoms with Gasteiger partial charge in [0, 0.05) is 18.0 Å². The number of carboxylic acids is 2. The molecule has 1 aliphatic heterocycles. The average molecular weight is 368 g/mol.